The zero-order valence-electron chi connectivity index (χ0n) is 23.3. The van der Waals surface area contributed by atoms with E-state index in [0.717, 1.165) is 29.9 Å². The Morgan fingerprint density at radius 3 is 2.44 bits per heavy atom. The van der Waals surface area contributed by atoms with Crippen LogP contribution in [-0.4, -0.2) is 59.1 Å². The zero-order chi connectivity index (χ0) is 29.9. The molecule has 0 aliphatic carbocycles. The Balaban J connectivity index is 1.79. The van der Waals surface area contributed by atoms with Crippen LogP contribution in [0.5, 0.6) is 0 Å². The summed E-state index contributed by atoms with van der Waals surface area (Å²) in [5.74, 6) is -3.05. The number of amides is 2. The molecule has 1 saturated heterocycles. The van der Waals surface area contributed by atoms with E-state index in [9.17, 15) is 19.2 Å². The van der Waals surface area contributed by atoms with Crippen molar-refractivity contribution < 1.29 is 28.7 Å². The second-order valence-corrected chi connectivity index (χ2v) is 10.6. The average Bonchev–Trinajstić information content (AvgIpc) is 3.60. The first-order chi connectivity index (χ1) is 19.6. The topological polar surface area (TPSA) is 105 Å². The van der Waals surface area contributed by atoms with Crippen LogP contribution >= 0.6 is 22.9 Å². The smallest absolute Gasteiger partial charge is 0.303 e. The number of halogens is 1. The molecule has 1 aliphatic rings. The normalized spacial score (nSPS) is 15.0. The lowest BCUT2D eigenvalue weighted by atomic mass is 10.1. The van der Waals surface area contributed by atoms with Crippen molar-refractivity contribution in [3.8, 4) is 0 Å². The molecule has 1 fully saturated rings. The number of ether oxygens (including phenoxy) is 2. The quantitative estimate of drug-likeness (QED) is 0.281. The molecule has 0 bridgehead atoms. The number of rotatable bonds is 12. The summed E-state index contributed by atoms with van der Waals surface area (Å²) in [5, 5.41) is 8.45. The highest BCUT2D eigenvalue weighted by Crippen LogP contribution is 2.24. The Morgan fingerprint density at radius 1 is 1.10 bits per heavy atom. The van der Waals surface area contributed by atoms with Gasteiger partial charge in [0.25, 0.3) is 11.8 Å². The van der Waals surface area contributed by atoms with Crippen molar-refractivity contribution in [2.24, 2.45) is 0 Å². The molecule has 41 heavy (non-hydrogen) atoms. The molecule has 218 valence electrons. The Labute approximate surface area is 249 Å². The second kappa shape index (κ2) is 15.2. The molecule has 2 aromatic rings. The number of hydrazine groups is 1. The van der Waals surface area contributed by atoms with Gasteiger partial charge in [-0.3, -0.25) is 29.2 Å². The Bertz CT molecular complexity index is 1340. The molecule has 1 N–H and O–H groups in total. The van der Waals surface area contributed by atoms with Crippen molar-refractivity contribution in [3.05, 3.63) is 93.3 Å². The van der Waals surface area contributed by atoms with E-state index in [1.807, 2.05) is 48.7 Å². The van der Waals surface area contributed by atoms with Crippen molar-refractivity contribution >= 4 is 46.7 Å². The molecule has 0 unspecified atom stereocenters. The van der Waals surface area contributed by atoms with E-state index in [2.05, 4.69) is 11.9 Å². The molecule has 0 saturated carbocycles. The average molecular weight is 600 g/mol. The Hall–Kier alpha value is -3.89. The Kier molecular flexibility index (Phi) is 11.7. The largest absolute Gasteiger partial charge is 0.448 e. The fourth-order valence-electron chi connectivity index (χ4n) is 4.31. The van der Waals surface area contributed by atoms with Crippen LogP contribution in [0.15, 0.2) is 72.3 Å². The number of hydrogen-bond donors (Lipinski definition) is 1. The van der Waals surface area contributed by atoms with Crippen LogP contribution in [0.25, 0.3) is 0 Å². The lowest BCUT2D eigenvalue weighted by Crippen LogP contribution is -2.55. The molecule has 2 atom stereocenters. The number of carbonyl (C=O) groups excluding carboxylic acids is 4. The third-order valence-electron chi connectivity index (χ3n) is 6.11. The highest BCUT2D eigenvalue weighted by Gasteiger charge is 2.44. The molecule has 1 aliphatic heterocycles. The summed E-state index contributed by atoms with van der Waals surface area (Å²) in [6, 6.07) is 9.52. The van der Waals surface area contributed by atoms with Crippen LogP contribution in [0, 0.1) is 0 Å². The maximum absolute atomic E-state index is 13.7. The first-order valence-corrected chi connectivity index (χ1v) is 14.4. The highest BCUT2D eigenvalue weighted by atomic mass is 35.5. The fraction of sp³-hybridized carbons (Fsp3) is 0.333. The number of carbonyl (C=O) groups is 4. The summed E-state index contributed by atoms with van der Waals surface area (Å²) < 4.78 is 10.6. The van der Waals surface area contributed by atoms with E-state index < -0.39 is 36.0 Å². The van der Waals surface area contributed by atoms with E-state index in [-0.39, 0.29) is 6.54 Å². The van der Waals surface area contributed by atoms with E-state index in [1.54, 1.807) is 23.2 Å². The van der Waals surface area contributed by atoms with Crippen molar-refractivity contribution in [2.45, 2.75) is 52.4 Å². The number of benzene rings is 1. The van der Waals surface area contributed by atoms with Crippen LogP contribution < -0.4 is 5.32 Å². The maximum Gasteiger partial charge on any atom is 0.303 e. The van der Waals surface area contributed by atoms with Gasteiger partial charge in [0.15, 0.2) is 0 Å². The predicted molar refractivity (Wildman–Crippen MR) is 158 cm³/mol. The molecule has 2 amide bonds. The number of esters is 2. The van der Waals surface area contributed by atoms with Gasteiger partial charge in [0.2, 0.25) is 12.2 Å². The molecule has 1 aromatic heterocycles. The van der Waals surface area contributed by atoms with Crippen LogP contribution in [-0.2, 0) is 41.6 Å². The van der Waals surface area contributed by atoms with Gasteiger partial charge in [-0.1, -0.05) is 48.5 Å². The summed E-state index contributed by atoms with van der Waals surface area (Å²) in [4.78, 5) is 51.9. The van der Waals surface area contributed by atoms with Gasteiger partial charge in [0, 0.05) is 36.8 Å². The minimum absolute atomic E-state index is 0.118. The van der Waals surface area contributed by atoms with Gasteiger partial charge in [-0.05, 0) is 60.6 Å². The van der Waals surface area contributed by atoms with Gasteiger partial charge in [0.1, 0.15) is 0 Å². The van der Waals surface area contributed by atoms with Crippen LogP contribution in [0.1, 0.15) is 43.2 Å². The molecule has 3 rings (SSSR count). The predicted octanol–water partition coefficient (Wildman–Crippen LogP) is 4.57. The first-order valence-electron chi connectivity index (χ1n) is 13.1. The van der Waals surface area contributed by atoms with E-state index >= 15 is 0 Å². The third kappa shape index (κ3) is 8.80. The SMILES string of the molecule is C=C/C(=C\C=C/C)N1CCCN1C(=O)[C@H](OC(C)=O)[C@@H](OC(C)=O)C(=O)NCc1cc(Cc2ccccc2Cl)cs1. The monoisotopic (exact) mass is 599 g/mol. The van der Waals surface area contributed by atoms with E-state index in [4.69, 9.17) is 21.1 Å². The lowest BCUT2D eigenvalue weighted by Gasteiger charge is -2.34. The van der Waals surface area contributed by atoms with E-state index in [1.165, 1.54) is 16.3 Å². The molecular formula is C30H34ClN3O6S. The number of hydrogen-bond acceptors (Lipinski definition) is 8. The third-order valence-corrected chi connectivity index (χ3v) is 7.47. The van der Waals surface area contributed by atoms with Crippen molar-refractivity contribution in [2.75, 3.05) is 13.1 Å². The summed E-state index contributed by atoms with van der Waals surface area (Å²) in [7, 11) is 0. The summed E-state index contributed by atoms with van der Waals surface area (Å²) in [6.45, 7) is 8.87. The molecule has 0 spiro atoms. The molecule has 9 nitrogen and oxygen atoms in total. The van der Waals surface area contributed by atoms with Gasteiger partial charge in [0.05, 0.1) is 12.2 Å². The maximum atomic E-state index is 13.7. The fourth-order valence-corrected chi connectivity index (χ4v) is 5.34. The number of nitrogens with zero attached hydrogens (tertiary/aromatic N) is 2. The molecule has 1 aromatic carbocycles. The molecular weight excluding hydrogens is 566 g/mol. The van der Waals surface area contributed by atoms with Gasteiger partial charge in [-0.25, -0.2) is 0 Å². The number of nitrogens with one attached hydrogen (secondary N) is 1. The summed E-state index contributed by atoms with van der Waals surface area (Å²) >= 11 is 7.73. The van der Waals surface area contributed by atoms with Gasteiger partial charge in [-0.2, -0.15) is 0 Å². The first kappa shape index (κ1) is 31.6. The van der Waals surface area contributed by atoms with Crippen LogP contribution in [0.4, 0.5) is 0 Å². The highest BCUT2D eigenvalue weighted by molar-refractivity contribution is 7.10. The molecule has 11 heteroatoms. The van der Waals surface area contributed by atoms with Gasteiger partial charge in [-0.15, -0.1) is 11.3 Å². The number of thiophene rings is 1. The minimum atomic E-state index is -1.69. The van der Waals surface area contributed by atoms with Gasteiger partial charge < -0.3 is 14.8 Å². The summed E-state index contributed by atoms with van der Waals surface area (Å²) in [5.41, 5.74) is 2.65. The lowest BCUT2D eigenvalue weighted by molar-refractivity contribution is -0.181. The van der Waals surface area contributed by atoms with Crippen LogP contribution in [0.3, 0.4) is 0 Å². The summed E-state index contributed by atoms with van der Waals surface area (Å²) in [6.07, 6.45) is 4.91. The standard InChI is InChI=1S/C30H34ClN3O6S/c1-5-7-12-24(6-2)33-14-10-15-34(33)30(38)28(40-21(4)36)27(39-20(3)35)29(37)32-18-25-17-22(19-41-25)16-23-11-8-9-13-26(23)31/h5-9,11-13,17,19,27-28H,2,10,14-16,18H2,1,3-4H3,(H,32,37)/b7-5-,24-12+/t27-,28-/m1/s1. The van der Waals surface area contributed by atoms with Crippen LogP contribution in [0.2, 0.25) is 5.02 Å². The molecule has 0 radical (unpaired) electrons. The van der Waals surface area contributed by atoms with Crippen molar-refractivity contribution in [1.82, 2.24) is 15.3 Å². The zero-order valence-corrected chi connectivity index (χ0v) is 24.9. The second-order valence-electron chi connectivity index (χ2n) is 9.23. The minimum Gasteiger partial charge on any atom is -0.448 e. The van der Waals surface area contributed by atoms with Gasteiger partial charge >= 0.3 is 11.9 Å². The van der Waals surface area contributed by atoms with Crippen molar-refractivity contribution in [3.63, 3.8) is 0 Å². The van der Waals surface area contributed by atoms with Crippen molar-refractivity contribution in [1.29, 1.82) is 0 Å². The Morgan fingerprint density at radius 2 is 1.78 bits per heavy atom. The molecule has 2 heterocycles. The number of allylic oxidation sites excluding steroid dienone is 4. The van der Waals surface area contributed by atoms with E-state index in [0.29, 0.717) is 36.7 Å².